The number of hydrogen-bond donors (Lipinski definition) is 0. The molecule has 1 saturated heterocycles. The Hall–Kier alpha value is -0.540. The Morgan fingerprint density at radius 3 is 2.94 bits per heavy atom. The van der Waals surface area contributed by atoms with Crippen LogP contribution in [0.2, 0.25) is 5.02 Å². The molecule has 1 fully saturated rings. The van der Waals surface area contributed by atoms with Gasteiger partial charge in [0.05, 0.1) is 11.4 Å². The second-order valence-corrected chi connectivity index (χ2v) is 6.12. The third kappa shape index (κ3) is 3.27. The first-order valence-corrected chi connectivity index (χ1v) is 7.48. The highest BCUT2D eigenvalue weighted by Crippen LogP contribution is 2.24. The van der Waals surface area contributed by atoms with Gasteiger partial charge in [-0.15, -0.1) is 0 Å². The summed E-state index contributed by atoms with van der Waals surface area (Å²) in [5.41, 5.74) is 0.978. The highest BCUT2D eigenvalue weighted by Gasteiger charge is 2.23. The molecule has 0 saturated carbocycles. The number of likely N-dealkylation sites (tertiary alicyclic amines) is 1. The number of benzene rings is 1. The quantitative estimate of drug-likeness (QED) is 0.801. The van der Waals surface area contributed by atoms with Crippen LogP contribution in [0.4, 0.5) is 0 Å². The molecular weight excluding hydrogens is 314 g/mol. The van der Waals surface area contributed by atoms with Gasteiger partial charge in [0.1, 0.15) is 0 Å². The van der Waals surface area contributed by atoms with Crippen molar-refractivity contribution in [2.24, 2.45) is 0 Å². The molecule has 0 bridgehead atoms. The minimum absolute atomic E-state index is 0.209. The molecular formula is C14H17BrClNO. The van der Waals surface area contributed by atoms with E-state index in [2.05, 4.69) is 22.9 Å². The van der Waals surface area contributed by atoms with Crippen LogP contribution < -0.4 is 0 Å². The van der Waals surface area contributed by atoms with Crippen molar-refractivity contribution in [3.63, 3.8) is 0 Å². The fourth-order valence-electron chi connectivity index (χ4n) is 2.39. The maximum Gasteiger partial charge on any atom is 0.227 e. The maximum atomic E-state index is 12.2. The van der Waals surface area contributed by atoms with Gasteiger partial charge < -0.3 is 4.90 Å². The van der Waals surface area contributed by atoms with Crippen molar-refractivity contribution in [3.8, 4) is 0 Å². The Balaban J connectivity index is 2.04. The van der Waals surface area contributed by atoms with Crippen LogP contribution in [-0.2, 0) is 11.2 Å². The first kappa shape index (κ1) is 13.9. The zero-order chi connectivity index (χ0) is 13.1. The zero-order valence-corrected chi connectivity index (χ0v) is 12.8. The zero-order valence-electron chi connectivity index (χ0n) is 10.5. The average molecular weight is 331 g/mol. The van der Waals surface area contributed by atoms with Crippen molar-refractivity contribution in [2.75, 3.05) is 6.54 Å². The number of halogens is 2. The fourth-order valence-corrected chi connectivity index (χ4v) is 2.84. The molecule has 1 aromatic carbocycles. The highest BCUT2D eigenvalue weighted by molar-refractivity contribution is 9.10. The van der Waals surface area contributed by atoms with E-state index in [9.17, 15) is 4.79 Å². The third-order valence-corrected chi connectivity index (χ3v) is 4.70. The molecule has 1 amide bonds. The molecule has 1 aromatic rings. The van der Waals surface area contributed by atoms with E-state index in [4.69, 9.17) is 11.6 Å². The minimum atomic E-state index is 0.209. The highest BCUT2D eigenvalue weighted by atomic mass is 79.9. The smallest absolute Gasteiger partial charge is 0.227 e. The number of nitrogens with zero attached hydrogens (tertiary/aromatic N) is 1. The van der Waals surface area contributed by atoms with Crippen LogP contribution in [0.25, 0.3) is 0 Å². The Morgan fingerprint density at radius 2 is 2.28 bits per heavy atom. The summed E-state index contributed by atoms with van der Waals surface area (Å²) in [6.45, 7) is 3.02. The molecule has 4 heteroatoms. The van der Waals surface area contributed by atoms with Crippen molar-refractivity contribution in [1.82, 2.24) is 4.90 Å². The van der Waals surface area contributed by atoms with Gasteiger partial charge in [-0.3, -0.25) is 4.79 Å². The molecule has 18 heavy (non-hydrogen) atoms. The Kier molecular flexibility index (Phi) is 4.68. The van der Waals surface area contributed by atoms with Crippen LogP contribution in [-0.4, -0.2) is 23.4 Å². The fraction of sp³-hybridized carbons (Fsp3) is 0.500. The summed E-state index contributed by atoms with van der Waals surface area (Å²) in [5.74, 6) is 0.209. The topological polar surface area (TPSA) is 20.3 Å². The van der Waals surface area contributed by atoms with Gasteiger partial charge in [0.25, 0.3) is 0 Å². The predicted molar refractivity (Wildman–Crippen MR) is 77.9 cm³/mol. The molecule has 1 aliphatic heterocycles. The molecule has 0 radical (unpaired) electrons. The summed E-state index contributed by atoms with van der Waals surface area (Å²) >= 11 is 9.39. The van der Waals surface area contributed by atoms with Crippen LogP contribution in [0, 0.1) is 0 Å². The monoisotopic (exact) mass is 329 g/mol. The molecule has 0 aromatic heterocycles. The number of rotatable bonds is 2. The lowest BCUT2D eigenvalue weighted by molar-refractivity contribution is -0.133. The van der Waals surface area contributed by atoms with Crippen molar-refractivity contribution in [1.29, 1.82) is 0 Å². The maximum absolute atomic E-state index is 12.2. The minimum Gasteiger partial charge on any atom is -0.340 e. The van der Waals surface area contributed by atoms with Crippen molar-refractivity contribution in [3.05, 3.63) is 33.3 Å². The molecule has 2 nitrogen and oxygen atoms in total. The van der Waals surface area contributed by atoms with Gasteiger partial charge in [-0.25, -0.2) is 0 Å². The van der Waals surface area contributed by atoms with Gasteiger partial charge in [0.15, 0.2) is 0 Å². The SMILES string of the molecule is CC1CCCCN1C(=O)Cc1ccc(Br)c(Cl)c1. The van der Waals surface area contributed by atoms with Gasteiger partial charge >= 0.3 is 0 Å². The molecule has 1 aliphatic rings. The largest absolute Gasteiger partial charge is 0.340 e. The summed E-state index contributed by atoms with van der Waals surface area (Å²) < 4.78 is 0.867. The normalized spacial score (nSPS) is 19.9. The van der Waals surface area contributed by atoms with E-state index < -0.39 is 0 Å². The van der Waals surface area contributed by atoms with Crippen LogP contribution >= 0.6 is 27.5 Å². The summed E-state index contributed by atoms with van der Waals surface area (Å²) in [5, 5.41) is 0.659. The first-order chi connectivity index (χ1) is 8.58. The number of carbonyl (C=O) groups excluding carboxylic acids is 1. The van der Waals surface area contributed by atoms with Gasteiger partial charge in [0, 0.05) is 17.1 Å². The predicted octanol–water partition coefficient (Wildman–Crippen LogP) is 4.05. The van der Waals surface area contributed by atoms with E-state index in [1.54, 1.807) is 0 Å². The van der Waals surface area contributed by atoms with Crippen LogP contribution in [0.5, 0.6) is 0 Å². The van der Waals surface area contributed by atoms with E-state index in [1.807, 2.05) is 23.1 Å². The molecule has 2 rings (SSSR count). The Labute approximate surface area is 121 Å². The molecule has 0 spiro atoms. The number of carbonyl (C=O) groups is 1. The van der Waals surface area contributed by atoms with Crippen molar-refractivity contribution >= 4 is 33.4 Å². The second kappa shape index (κ2) is 6.07. The lowest BCUT2D eigenvalue weighted by Gasteiger charge is -2.33. The summed E-state index contributed by atoms with van der Waals surface area (Å²) in [4.78, 5) is 14.2. The van der Waals surface area contributed by atoms with E-state index in [1.165, 1.54) is 6.42 Å². The molecule has 1 unspecified atom stereocenters. The van der Waals surface area contributed by atoms with E-state index in [0.29, 0.717) is 17.5 Å². The summed E-state index contributed by atoms with van der Waals surface area (Å²) in [6.07, 6.45) is 3.91. The summed E-state index contributed by atoms with van der Waals surface area (Å²) in [7, 11) is 0. The molecule has 1 heterocycles. The summed E-state index contributed by atoms with van der Waals surface area (Å²) in [6, 6.07) is 6.07. The van der Waals surface area contributed by atoms with Gasteiger partial charge in [-0.05, 0) is 59.8 Å². The van der Waals surface area contributed by atoms with Crippen LogP contribution in [0.3, 0.4) is 0 Å². The molecule has 0 aliphatic carbocycles. The van der Waals surface area contributed by atoms with E-state index in [0.717, 1.165) is 29.4 Å². The van der Waals surface area contributed by atoms with Gasteiger partial charge in [-0.2, -0.15) is 0 Å². The second-order valence-electron chi connectivity index (χ2n) is 4.86. The molecule has 98 valence electrons. The first-order valence-electron chi connectivity index (χ1n) is 6.31. The van der Waals surface area contributed by atoms with Crippen LogP contribution in [0.1, 0.15) is 31.7 Å². The van der Waals surface area contributed by atoms with Crippen molar-refractivity contribution in [2.45, 2.75) is 38.6 Å². The Bertz CT molecular complexity index is 449. The molecule has 1 atom stereocenters. The number of amides is 1. The number of piperidine rings is 1. The standard InChI is InChI=1S/C14H17BrClNO/c1-10-4-2-3-7-17(10)14(18)9-11-5-6-12(15)13(16)8-11/h5-6,8,10H,2-4,7,9H2,1H3. The Morgan fingerprint density at radius 1 is 1.50 bits per heavy atom. The van der Waals surface area contributed by atoms with Crippen molar-refractivity contribution < 1.29 is 4.79 Å². The van der Waals surface area contributed by atoms with E-state index >= 15 is 0 Å². The molecule has 0 N–H and O–H groups in total. The van der Waals surface area contributed by atoms with Crippen LogP contribution in [0.15, 0.2) is 22.7 Å². The van der Waals surface area contributed by atoms with E-state index in [-0.39, 0.29) is 5.91 Å². The third-order valence-electron chi connectivity index (χ3n) is 3.46. The van der Waals surface area contributed by atoms with Gasteiger partial charge in [-0.1, -0.05) is 17.7 Å². The lowest BCUT2D eigenvalue weighted by Crippen LogP contribution is -2.42. The van der Waals surface area contributed by atoms with Gasteiger partial charge in [0.2, 0.25) is 5.91 Å². The number of hydrogen-bond acceptors (Lipinski definition) is 1. The lowest BCUT2D eigenvalue weighted by atomic mass is 10.0. The average Bonchev–Trinajstić information content (AvgIpc) is 2.34.